The lowest BCUT2D eigenvalue weighted by Crippen LogP contribution is -2.34. The smallest absolute Gasteiger partial charge is 0.150 e. The Hall–Kier alpha value is -0.100. The maximum Gasteiger partial charge on any atom is 0.150 e. The van der Waals surface area contributed by atoms with Gasteiger partial charge in [0, 0.05) is 21.8 Å². The second kappa shape index (κ2) is 6.99. The molecule has 0 aromatic heterocycles. The lowest BCUT2D eigenvalue weighted by atomic mass is 9.81. The Kier molecular flexibility index (Phi) is 5.74. The van der Waals surface area contributed by atoms with Crippen molar-refractivity contribution < 1.29 is 8.42 Å². The zero-order chi connectivity index (χ0) is 15.6. The van der Waals surface area contributed by atoms with E-state index in [4.69, 9.17) is 11.6 Å². The first kappa shape index (κ1) is 17.3. The molecule has 0 radical (unpaired) electrons. The van der Waals surface area contributed by atoms with E-state index in [0.29, 0.717) is 17.4 Å². The predicted molar refractivity (Wildman–Crippen MR) is 91.5 cm³/mol. The average Bonchev–Trinajstić information content (AvgIpc) is 2.43. The SMILES string of the molecule is CNC(c1cc(Cl)ccc1Br)C1CCCC(S(C)(=O)=O)C1. The molecule has 21 heavy (non-hydrogen) atoms. The molecule has 0 amide bonds. The Labute approximate surface area is 140 Å². The van der Waals surface area contributed by atoms with Crippen LogP contribution < -0.4 is 5.32 Å². The molecule has 1 aromatic carbocycles. The Bertz CT molecular complexity index is 606. The second-order valence-corrected chi connectivity index (χ2v) is 9.43. The van der Waals surface area contributed by atoms with Gasteiger partial charge in [-0.3, -0.25) is 0 Å². The van der Waals surface area contributed by atoms with Gasteiger partial charge in [0.1, 0.15) is 9.84 Å². The summed E-state index contributed by atoms with van der Waals surface area (Å²) >= 11 is 9.69. The van der Waals surface area contributed by atoms with E-state index < -0.39 is 9.84 Å². The van der Waals surface area contributed by atoms with E-state index >= 15 is 0 Å². The maximum absolute atomic E-state index is 11.8. The van der Waals surface area contributed by atoms with E-state index in [9.17, 15) is 8.42 Å². The number of rotatable bonds is 4. The minimum atomic E-state index is -2.97. The molecule has 1 N–H and O–H groups in total. The van der Waals surface area contributed by atoms with Gasteiger partial charge in [0.2, 0.25) is 0 Å². The van der Waals surface area contributed by atoms with Crippen molar-refractivity contribution in [3.05, 3.63) is 33.3 Å². The summed E-state index contributed by atoms with van der Waals surface area (Å²) in [4.78, 5) is 0. The highest BCUT2D eigenvalue weighted by molar-refractivity contribution is 9.10. The van der Waals surface area contributed by atoms with Gasteiger partial charge in [-0.2, -0.15) is 0 Å². The highest BCUT2D eigenvalue weighted by Gasteiger charge is 2.33. The Morgan fingerprint density at radius 3 is 2.71 bits per heavy atom. The van der Waals surface area contributed by atoms with Gasteiger partial charge < -0.3 is 5.32 Å². The summed E-state index contributed by atoms with van der Waals surface area (Å²) < 4.78 is 24.7. The Morgan fingerprint density at radius 2 is 2.10 bits per heavy atom. The van der Waals surface area contributed by atoms with Gasteiger partial charge >= 0.3 is 0 Å². The van der Waals surface area contributed by atoms with E-state index in [1.54, 1.807) is 0 Å². The molecule has 1 aromatic rings. The third-order valence-corrected chi connectivity index (χ3v) is 6.94. The average molecular weight is 395 g/mol. The second-order valence-electron chi connectivity index (χ2n) is 5.81. The van der Waals surface area contributed by atoms with Crippen LogP contribution in [-0.2, 0) is 9.84 Å². The molecule has 0 heterocycles. The topological polar surface area (TPSA) is 46.2 Å². The van der Waals surface area contributed by atoms with Gasteiger partial charge in [-0.15, -0.1) is 0 Å². The lowest BCUT2D eigenvalue weighted by Gasteiger charge is -2.34. The normalized spacial score (nSPS) is 24.8. The van der Waals surface area contributed by atoms with Crippen molar-refractivity contribution in [2.24, 2.45) is 5.92 Å². The summed E-state index contributed by atoms with van der Waals surface area (Å²) in [5.74, 6) is 0.304. The van der Waals surface area contributed by atoms with Crippen LogP contribution in [0.4, 0.5) is 0 Å². The highest BCUT2D eigenvalue weighted by Crippen LogP contribution is 2.39. The van der Waals surface area contributed by atoms with Crippen LogP contribution in [0.1, 0.15) is 37.3 Å². The molecular formula is C15H21BrClNO2S. The van der Waals surface area contributed by atoms with Crippen LogP contribution in [0.25, 0.3) is 0 Å². The minimum absolute atomic E-state index is 0.114. The molecule has 0 spiro atoms. The van der Waals surface area contributed by atoms with E-state index in [1.807, 2.05) is 25.2 Å². The first-order valence-electron chi connectivity index (χ1n) is 7.14. The van der Waals surface area contributed by atoms with Crippen molar-refractivity contribution in [3.63, 3.8) is 0 Å². The predicted octanol–water partition coefficient (Wildman–Crippen LogP) is 3.97. The molecule has 2 rings (SSSR count). The van der Waals surface area contributed by atoms with Crippen molar-refractivity contribution in [1.82, 2.24) is 5.32 Å². The first-order chi connectivity index (χ1) is 9.82. The summed E-state index contributed by atoms with van der Waals surface area (Å²) in [5, 5.41) is 3.83. The van der Waals surface area contributed by atoms with E-state index in [1.165, 1.54) is 6.26 Å². The number of nitrogens with one attached hydrogen (secondary N) is 1. The van der Waals surface area contributed by atoms with Gasteiger partial charge in [-0.05, 0) is 56.0 Å². The molecule has 6 heteroatoms. The van der Waals surface area contributed by atoms with Crippen molar-refractivity contribution in [3.8, 4) is 0 Å². The largest absolute Gasteiger partial charge is 0.313 e. The highest BCUT2D eigenvalue weighted by atomic mass is 79.9. The molecule has 0 bridgehead atoms. The van der Waals surface area contributed by atoms with Crippen molar-refractivity contribution in [2.45, 2.75) is 37.0 Å². The van der Waals surface area contributed by atoms with Crippen LogP contribution in [-0.4, -0.2) is 27.0 Å². The van der Waals surface area contributed by atoms with E-state index in [2.05, 4.69) is 21.2 Å². The fraction of sp³-hybridized carbons (Fsp3) is 0.600. The molecule has 0 aliphatic heterocycles. The van der Waals surface area contributed by atoms with Crippen molar-refractivity contribution >= 4 is 37.4 Å². The Balaban J connectivity index is 2.27. The Morgan fingerprint density at radius 1 is 1.38 bits per heavy atom. The van der Waals surface area contributed by atoms with Crippen LogP contribution in [0, 0.1) is 5.92 Å². The van der Waals surface area contributed by atoms with Crippen molar-refractivity contribution in [2.75, 3.05) is 13.3 Å². The van der Waals surface area contributed by atoms with Crippen LogP contribution >= 0.6 is 27.5 Å². The van der Waals surface area contributed by atoms with E-state index in [-0.39, 0.29) is 11.3 Å². The molecule has 1 aliphatic carbocycles. The first-order valence-corrected chi connectivity index (χ1v) is 10.3. The molecule has 118 valence electrons. The molecule has 3 unspecified atom stereocenters. The lowest BCUT2D eigenvalue weighted by molar-refractivity contribution is 0.282. The van der Waals surface area contributed by atoms with Gasteiger partial charge in [0.15, 0.2) is 0 Å². The van der Waals surface area contributed by atoms with Crippen LogP contribution in [0.2, 0.25) is 5.02 Å². The van der Waals surface area contributed by atoms with Gasteiger partial charge in [-0.1, -0.05) is 34.0 Å². The number of benzene rings is 1. The molecule has 1 fully saturated rings. The zero-order valence-corrected chi connectivity index (χ0v) is 15.4. The summed E-state index contributed by atoms with van der Waals surface area (Å²) in [6, 6.07) is 5.86. The fourth-order valence-corrected chi connectivity index (χ4v) is 5.14. The quantitative estimate of drug-likeness (QED) is 0.840. The van der Waals surface area contributed by atoms with Gasteiger partial charge in [0.05, 0.1) is 5.25 Å². The number of halogens is 2. The molecule has 0 saturated heterocycles. The van der Waals surface area contributed by atoms with Gasteiger partial charge in [-0.25, -0.2) is 8.42 Å². The third kappa shape index (κ3) is 4.21. The summed E-state index contributed by atoms with van der Waals surface area (Å²) in [6.45, 7) is 0. The van der Waals surface area contributed by atoms with Crippen LogP contribution in [0.15, 0.2) is 22.7 Å². The minimum Gasteiger partial charge on any atom is -0.313 e. The van der Waals surface area contributed by atoms with Crippen LogP contribution in [0.5, 0.6) is 0 Å². The number of sulfone groups is 1. The fourth-order valence-electron chi connectivity index (χ4n) is 3.27. The summed E-state index contributed by atoms with van der Waals surface area (Å²) in [5.41, 5.74) is 1.10. The monoisotopic (exact) mass is 393 g/mol. The standard InChI is InChI=1S/C15H21BrClNO2S/c1-18-15(13-9-11(17)6-7-14(13)16)10-4-3-5-12(8-10)21(2,19)20/h6-7,9-10,12,15,18H,3-5,8H2,1-2H3. The number of hydrogen-bond donors (Lipinski definition) is 1. The van der Waals surface area contributed by atoms with Crippen LogP contribution in [0.3, 0.4) is 0 Å². The molecule has 3 nitrogen and oxygen atoms in total. The third-order valence-electron chi connectivity index (χ3n) is 4.35. The summed E-state index contributed by atoms with van der Waals surface area (Å²) in [6.07, 6.45) is 4.84. The van der Waals surface area contributed by atoms with E-state index in [0.717, 1.165) is 29.3 Å². The zero-order valence-electron chi connectivity index (χ0n) is 12.3. The number of hydrogen-bond acceptors (Lipinski definition) is 3. The summed E-state index contributed by atoms with van der Waals surface area (Å²) in [7, 11) is -1.05. The maximum atomic E-state index is 11.8. The molecular weight excluding hydrogens is 374 g/mol. The molecule has 1 aliphatic rings. The molecule has 3 atom stereocenters. The molecule has 1 saturated carbocycles. The van der Waals surface area contributed by atoms with Crippen molar-refractivity contribution in [1.29, 1.82) is 0 Å². The van der Waals surface area contributed by atoms with Gasteiger partial charge in [0.25, 0.3) is 0 Å².